The van der Waals surface area contributed by atoms with Crippen LogP contribution in [0.5, 0.6) is 0 Å². The number of hydrogen-bond acceptors (Lipinski definition) is 1. The van der Waals surface area contributed by atoms with Gasteiger partial charge in [0.2, 0.25) is 0 Å². The first kappa shape index (κ1) is 11.9. The number of rotatable bonds is 3. The summed E-state index contributed by atoms with van der Waals surface area (Å²) in [6.45, 7) is 7.68. The van der Waals surface area contributed by atoms with Crippen LogP contribution >= 0.6 is 0 Å². The van der Waals surface area contributed by atoms with Crippen molar-refractivity contribution in [1.82, 2.24) is 9.55 Å². The van der Waals surface area contributed by atoms with Crippen LogP contribution in [0.4, 0.5) is 0 Å². The van der Waals surface area contributed by atoms with Crippen LogP contribution in [0.2, 0.25) is 0 Å². The Hall–Kier alpha value is -1.57. The van der Waals surface area contributed by atoms with E-state index >= 15 is 0 Å². The molecule has 0 radical (unpaired) electrons. The fourth-order valence-corrected chi connectivity index (χ4v) is 1.96. The molecule has 0 unspecified atom stereocenters. The Bertz CT molecular complexity index is 463. The number of aromatic nitrogens is 2. The Labute approximate surface area is 103 Å². The number of hydrogen-bond donors (Lipinski definition) is 0. The van der Waals surface area contributed by atoms with E-state index in [1.165, 1.54) is 11.3 Å². The highest BCUT2D eigenvalue weighted by atomic mass is 15.0. The fourth-order valence-electron chi connectivity index (χ4n) is 1.96. The zero-order valence-electron chi connectivity index (χ0n) is 10.9. The molecule has 0 spiro atoms. The lowest BCUT2D eigenvalue weighted by molar-refractivity contribution is 0.399. The molecule has 2 rings (SSSR count). The van der Waals surface area contributed by atoms with Crippen molar-refractivity contribution in [3.05, 3.63) is 54.1 Å². The lowest BCUT2D eigenvalue weighted by Crippen LogP contribution is -2.13. The second-order valence-electron chi connectivity index (χ2n) is 5.74. The molecule has 0 aliphatic carbocycles. The third-order valence-corrected chi connectivity index (χ3v) is 2.71. The van der Waals surface area contributed by atoms with Crippen molar-refractivity contribution in [3.63, 3.8) is 0 Å². The smallest absolute Gasteiger partial charge is 0.0951 e. The third kappa shape index (κ3) is 3.45. The molecule has 1 aromatic heterocycles. The summed E-state index contributed by atoms with van der Waals surface area (Å²) in [7, 11) is 0. The molecule has 1 heterocycles. The van der Waals surface area contributed by atoms with Gasteiger partial charge in [-0.2, -0.15) is 0 Å². The molecule has 0 aliphatic heterocycles. The number of nitrogens with zero attached hydrogens (tertiary/aromatic N) is 2. The lowest BCUT2D eigenvalue weighted by atomic mass is 9.91. The largest absolute Gasteiger partial charge is 0.330 e. The van der Waals surface area contributed by atoms with Gasteiger partial charge in [-0.15, -0.1) is 0 Å². The Balaban J connectivity index is 2.15. The van der Waals surface area contributed by atoms with E-state index in [0.29, 0.717) is 5.41 Å². The van der Waals surface area contributed by atoms with Gasteiger partial charge in [0, 0.05) is 18.4 Å². The topological polar surface area (TPSA) is 17.8 Å². The van der Waals surface area contributed by atoms with Crippen LogP contribution < -0.4 is 0 Å². The predicted molar refractivity (Wildman–Crippen MR) is 70.9 cm³/mol. The van der Waals surface area contributed by atoms with Crippen molar-refractivity contribution in [1.29, 1.82) is 0 Å². The first-order chi connectivity index (χ1) is 8.04. The minimum absolute atomic E-state index is 0.300. The van der Waals surface area contributed by atoms with Crippen LogP contribution in [0, 0.1) is 5.41 Å². The van der Waals surface area contributed by atoms with Gasteiger partial charge in [-0.25, -0.2) is 4.98 Å². The van der Waals surface area contributed by atoms with Crippen LogP contribution in [0.3, 0.4) is 0 Å². The van der Waals surface area contributed by atoms with E-state index in [0.717, 1.165) is 13.0 Å². The van der Waals surface area contributed by atoms with Crippen molar-refractivity contribution in [2.45, 2.75) is 33.7 Å². The van der Waals surface area contributed by atoms with E-state index in [-0.39, 0.29) is 0 Å². The van der Waals surface area contributed by atoms with Crippen molar-refractivity contribution < 1.29 is 0 Å². The molecular weight excluding hydrogens is 208 g/mol. The standard InChI is InChI=1S/C15H20N2/c1-15(2,3)9-14-10-16-12-17(14)11-13-7-5-4-6-8-13/h4-8,10,12H,9,11H2,1-3H3. The van der Waals surface area contributed by atoms with Crippen molar-refractivity contribution in [2.75, 3.05) is 0 Å². The number of imidazole rings is 1. The first-order valence-corrected chi connectivity index (χ1v) is 6.07. The molecule has 90 valence electrons. The molecule has 0 saturated heterocycles. The molecule has 2 nitrogen and oxygen atoms in total. The first-order valence-electron chi connectivity index (χ1n) is 6.07. The summed E-state index contributed by atoms with van der Waals surface area (Å²) < 4.78 is 2.24. The van der Waals surface area contributed by atoms with E-state index < -0.39 is 0 Å². The highest BCUT2D eigenvalue weighted by molar-refractivity contribution is 5.16. The maximum atomic E-state index is 4.27. The maximum absolute atomic E-state index is 4.27. The van der Waals surface area contributed by atoms with Gasteiger partial charge in [0.25, 0.3) is 0 Å². The van der Waals surface area contributed by atoms with Crippen LogP contribution in [0.1, 0.15) is 32.0 Å². The maximum Gasteiger partial charge on any atom is 0.0951 e. The predicted octanol–water partition coefficient (Wildman–Crippen LogP) is 3.52. The summed E-state index contributed by atoms with van der Waals surface area (Å²) in [4.78, 5) is 4.27. The molecule has 0 bridgehead atoms. The average molecular weight is 228 g/mol. The van der Waals surface area contributed by atoms with Gasteiger partial charge in [0.1, 0.15) is 0 Å². The molecule has 0 saturated carbocycles. The molecule has 0 fully saturated rings. The Morgan fingerprint density at radius 2 is 1.82 bits per heavy atom. The minimum Gasteiger partial charge on any atom is -0.330 e. The van der Waals surface area contributed by atoms with Crippen molar-refractivity contribution >= 4 is 0 Å². The molecule has 0 N–H and O–H groups in total. The molecular formula is C15H20N2. The highest BCUT2D eigenvalue weighted by Crippen LogP contribution is 2.20. The summed E-state index contributed by atoms with van der Waals surface area (Å²) in [6, 6.07) is 10.5. The van der Waals surface area contributed by atoms with Gasteiger partial charge < -0.3 is 4.57 Å². The van der Waals surface area contributed by atoms with Gasteiger partial charge in [-0.3, -0.25) is 0 Å². The highest BCUT2D eigenvalue weighted by Gasteiger charge is 2.14. The molecule has 2 heteroatoms. The second-order valence-corrected chi connectivity index (χ2v) is 5.74. The molecule has 0 aliphatic rings. The average Bonchev–Trinajstić information content (AvgIpc) is 2.65. The molecule has 0 atom stereocenters. The monoisotopic (exact) mass is 228 g/mol. The summed E-state index contributed by atoms with van der Waals surface area (Å²) in [5, 5.41) is 0. The number of benzene rings is 1. The zero-order chi connectivity index (χ0) is 12.3. The van der Waals surface area contributed by atoms with Crippen LogP contribution in [-0.4, -0.2) is 9.55 Å². The summed E-state index contributed by atoms with van der Waals surface area (Å²) in [5.74, 6) is 0. The van der Waals surface area contributed by atoms with Crippen molar-refractivity contribution in [2.24, 2.45) is 5.41 Å². The van der Waals surface area contributed by atoms with E-state index in [9.17, 15) is 0 Å². The van der Waals surface area contributed by atoms with Crippen LogP contribution in [0.15, 0.2) is 42.9 Å². The van der Waals surface area contributed by atoms with Gasteiger partial charge in [0.15, 0.2) is 0 Å². The zero-order valence-corrected chi connectivity index (χ0v) is 10.9. The van der Waals surface area contributed by atoms with E-state index in [1.54, 1.807) is 0 Å². The normalized spacial score (nSPS) is 11.7. The van der Waals surface area contributed by atoms with Gasteiger partial charge >= 0.3 is 0 Å². The second kappa shape index (κ2) is 4.74. The minimum atomic E-state index is 0.300. The lowest BCUT2D eigenvalue weighted by Gasteiger charge is -2.19. The van der Waals surface area contributed by atoms with Gasteiger partial charge in [0.05, 0.1) is 6.33 Å². The Kier molecular flexibility index (Phi) is 3.32. The van der Waals surface area contributed by atoms with Crippen LogP contribution in [-0.2, 0) is 13.0 Å². The third-order valence-electron chi connectivity index (χ3n) is 2.71. The van der Waals surface area contributed by atoms with Gasteiger partial charge in [-0.1, -0.05) is 51.1 Å². The fraction of sp³-hybridized carbons (Fsp3) is 0.400. The Morgan fingerprint density at radius 1 is 1.12 bits per heavy atom. The van der Waals surface area contributed by atoms with E-state index in [2.05, 4.69) is 54.6 Å². The van der Waals surface area contributed by atoms with Gasteiger partial charge in [-0.05, 0) is 17.4 Å². The Morgan fingerprint density at radius 3 is 2.47 bits per heavy atom. The summed E-state index contributed by atoms with van der Waals surface area (Å²) in [6.07, 6.45) is 4.96. The summed E-state index contributed by atoms with van der Waals surface area (Å²) in [5.41, 5.74) is 2.93. The van der Waals surface area contributed by atoms with E-state index in [4.69, 9.17) is 0 Å². The SMILES string of the molecule is CC(C)(C)Cc1cncn1Cc1ccccc1. The van der Waals surface area contributed by atoms with Crippen LogP contribution in [0.25, 0.3) is 0 Å². The van der Waals surface area contributed by atoms with Crippen molar-refractivity contribution in [3.8, 4) is 0 Å². The molecule has 1 aromatic carbocycles. The summed E-state index contributed by atoms with van der Waals surface area (Å²) >= 11 is 0. The molecule has 2 aromatic rings. The quantitative estimate of drug-likeness (QED) is 0.786. The molecule has 17 heavy (non-hydrogen) atoms. The van der Waals surface area contributed by atoms with E-state index in [1.807, 2.05) is 18.6 Å². The molecule has 0 amide bonds.